The number of halogens is 2. The molecule has 8 nitrogen and oxygen atoms in total. The van der Waals surface area contributed by atoms with Crippen molar-refractivity contribution in [3.8, 4) is 0 Å². The maximum Gasteiger partial charge on any atom is 0.325 e. The largest absolute Gasteiger partial charge is 0.468 e. The van der Waals surface area contributed by atoms with E-state index in [1.165, 1.54) is 7.11 Å². The molecule has 3 saturated heterocycles. The summed E-state index contributed by atoms with van der Waals surface area (Å²) in [5.74, 6) is -4.26. The first-order valence-corrected chi connectivity index (χ1v) is 9.66. The predicted octanol–water partition coefficient (Wildman–Crippen LogP) is -0.404. The lowest BCUT2D eigenvalue weighted by Gasteiger charge is -2.60. The minimum absolute atomic E-state index is 0.0179. The fourth-order valence-electron chi connectivity index (χ4n) is 5.11. The van der Waals surface area contributed by atoms with E-state index in [2.05, 4.69) is 4.74 Å². The molecular weight excluding hydrogens is 376 g/mol. The lowest BCUT2D eigenvalue weighted by atomic mass is 9.79. The molecule has 3 aliphatic heterocycles. The van der Waals surface area contributed by atoms with Crippen LogP contribution in [0.5, 0.6) is 0 Å². The van der Waals surface area contributed by atoms with Gasteiger partial charge in [-0.2, -0.15) is 0 Å². The number of carbonyl (C=O) groups excluding carboxylic acids is 3. The van der Waals surface area contributed by atoms with E-state index in [9.17, 15) is 28.3 Å². The van der Waals surface area contributed by atoms with Gasteiger partial charge in [0, 0.05) is 38.5 Å². The van der Waals surface area contributed by atoms with Gasteiger partial charge in [0.2, 0.25) is 11.8 Å². The van der Waals surface area contributed by atoms with Crippen LogP contribution in [0.2, 0.25) is 0 Å². The summed E-state index contributed by atoms with van der Waals surface area (Å²) in [6, 6.07) is -0.675. The van der Waals surface area contributed by atoms with Gasteiger partial charge in [0.1, 0.15) is 12.1 Å². The van der Waals surface area contributed by atoms with Gasteiger partial charge in [0.15, 0.2) is 0 Å². The maximum atomic E-state index is 13.4. The summed E-state index contributed by atoms with van der Waals surface area (Å²) in [6.07, 6.45) is -0.0944. The van der Waals surface area contributed by atoms with Crippen LogP contribution in [0.3, 0.4) is 0 Å². The van der Waals surface area contributed by atoms with Gasteiger partial charge in [-0.15, -0.1) is 0 Å². The van der Waals surface area contributed by atoms with Gasteiger partial charge in [-0.05, 0) is 19.3 Å². The zero-order valence-electron chi connectivity index (χ0n) is 15.8. The van der Waals surface area contributed by atoms with Gasteiger partial charge in [0.05, 0.1) is 19.3 Å². The first-order valence-electron chi connectivity index (χ1n) is 9.66. The molecule has 4 aliphatic rings. The van der Waals surface area contributed by atoms with Gasteiger partial charge in [-0.25, -0.2) is 8.78 Å². The summed E-state index contributed by atoms with van der Waals surface area (Å²) >= 11 is 0. The van der Waals surface area contributed by atoms with Crippen LogP contribution in [0.1, 0.15) is 32.1 Å². The van der Waals surface area contributed by atoms with E-state index in [4.69, 9.17) is 0 Å². The quantitative estimate of drug-likeness (QED) is 0.508. The Bertz CT molecular complexity index is 687. The number of β-amino-alcohol motifs (C(OH)–C–C–N with tert-alkyl or cyclic N) is 1. The Labute approximate surface area is 161 Å². The molecule has 0 bridgehead atoms. The fraction of sp³-hybridized carbons (Fsp3) is 0.833. The van der Waals surface area contributed by atoms with Crippen LogP contribution >= 0.6 is 0 Å². The Hall–Kier alpha value is -1.65. The van der Waals surface area contributed by atoms with Crippen molar-refractivity contribution in [2.24, 2.45) is 0 Å². The zero-order valence-corrected chi connectivity index (χ0v) is 15.8. The standard InChI is InChI=1S/C18H25F2N3O5/c1-28-14(25)8-22-15(26)13-6-12(24)7-23(13)17(16(22)27)9-21(10-17)11-2-4-18(19,20)5-3-11/h11-13,24H,2-10H2,1H3/t12-,13+/m1/s1. The molecule has 1 aliphatic carbocycles. The average molecular weight is 401 g/mol. The molecule has 0 aromatic carbocycles. The maximum absolute atomic E-state index is 13.4. The number of hydrogen-bond donors (Lipinski definition) is 1. The van der Waals surface area contributed by atoms with Crippen molar-refractivity contribution in [2.45, 2.75) is 61.8 Å². The van der Waals surface area contributed by atoms with Crippen molar-refractivity contribution >= 4 is 17.8 Å². The molecule has 4 rings (SSSR count). The topological polar surface area (TPSA) is 90.4 Å². The van der Waals surface area contributed by atoms with Crippen LogP contribution < -0.4 is 0 Å². The third-order valence-corrected chi connectivity index (χ3v) is 6.67. The summed E-state index contributed by atoms with van der Waals surface area (Å²) in [6.45, 7) is 0.392. The molecule has 10 heteroatoms. The van der Waals surface area contributed by atoms with Crippen molar-refractivity contribution in [2.75, 3.05) is 33.3 Å². The van der Waals surface area contributed by atoms with E-state index in [-0.39, 0.29) is 31.8 Å². The molecule has 0 aromatic heterocycles. The van der Waals surface area contributed by atoms with Crippen molar-refractivity contribution in [1.82, 2.24) is 14.7 Å². The molecule has 1 saturated carbocycles. The van der Waals surface area contributed by atoms with E-state index >= 15 is 0 Å². The van der Waals surface area contributed by atoms with Gasteiger partial charge < -0.3 is 9.84 Å². The lowest BCUT2D eigenvalue weighted by molar-refractivity contribution is -0.186. The lowest BCUT2D eigenvalue weighted by Crippen LogP contribution is -2.82. The van der Waals surface area contributed by atoms with E-state index < -0.39 is 47.9 Å². The molecule has 156 valence electrons. The van der Waals surface area contributed by atoms with Gasteiger partial charge in [-0.3, -0.25) is 29.1 Å². The Morgan fingerprint density at radius 2 is 1.89 bits per heavy atom. The van der Waals surface area contributed by atoms with Crippen LogP contribution in [0.4, 0.5) is 8.78 Å². The molecule has 1 N–H and O–H groups in total. The monoisotopic (exact) mass is 401 g/mol. The molecule has 28 heavy (non-hydrogen) atoms. The van der Waals surface area contributed by atoms with Crippen LogP contribution in [-0.4, -0.2) is 101 Å². The number of hydrogen-bond acceptors (Lipinski definition) is 7. The van der Waals surface area contributed by atoms with E-state index in [1.807, 2.05) is 4.90 Å². The molecule has 2 atom stereocenters. The van der Waals surface area contributed by atoms with Gasteiger partial charge in [0.25, 0.3) is 5.91 Å². The van der Waals surface area contributed by atoms with Crippen LogP contribution in [0.15, 0.2) is 0 Å². The summed E-state index contributed by atoms with van der Waals surface area (Å²) in [7, 11) is 1.19. The summed E-state index contributed by atoms with van der Waals surface area (Å²) in [5.41, 5.74) is -0.996. The minimum Gasteiger partial charge on any atom is -0.468 e. The number of rotatable bonds is 3. The predicted molar refractivity (Wildman–Crippen MR) is 91.4 cm³/mol. The molecule has 3 heterocycles. The fourth-order valence-corrected chi connectivity index (χ4v) is 5.11. The molecule has 0 unspecified atom stereocenters. The molecule has 1 spiro atoms. The second-order valence-electron chi connectivity index (χ2n) is 8.39. The SMILES string of the molecule is COC(=O)CN1C(=O)[C@@H]2C[C@@H](O)CN2C2(CN(C3CCC(F)(F)CC3)C2)C1=O. The Morgan fingerprint density at radius 3 is 2.50 bits per heavy atom. The first kappa shape index (κ1) is 19.7. The number of imide groups is 1. The van der Waals surface area contributed by atoms with Crippen molar-refractivity contribution < 1.29 is 33.0 Å². The number of carbonyl (C=O) groups is 3. The number of nitrogens with zero attached hydrogens (tertiary/aromatic N) is 3. The normalized spacial score (nSPS) is 33.1. The minimum atomic E-state index is -2.62. The third-order valence-electron chi connectivity index (χ3n) is 6.67. The highest BCUT2D eigenvalue weighted by molar-refractivity contribution is 6.07. The van der Waals surface area contributed by atoms with Crippen molar-refractivity contribution in [3.05, 3.63) is 0 Å². The van der Waals surface area contributed by atoms with Crippen LogP contribution in [0.25, 0.3) is 0 Å². The Balaban J connectivity index is 1.53. The first-order chi connectivity index (χ1) is 13.2. The molecule has 2 amide bonds. The number of aliphatic hydroxyl groups excluding tert-OH is 1. The third kappa shape index (κ3) is 3.02. The number of amides is 2. The summed E-state index contributed by atoms with van der Waals surface area (Å²) in [4.78, 5) is 42.4. The highest BCUT2D eigenvalue weighted by atomic mass is 19.3. The number of alkyl halides is 2. The van der Waals surface area contributed by atoms with E-state index in [1.54, 1.807) is 4.90 Å². The number of esters is 1. The van der Waals surface area contributed by atoms with Gasteiger partial charge in [-0.1, -0.05) is 0 Å². The van der Waals surface area contributed by atoms with E-state index in [0.29, 0.717) is 25.9 Å². The number of piperazine rings is 1. The molecule has 4 fully saturated rings. The number of fused-ring (bicyclic) bond motifs is 2. The van der Waals surface area contributed by atoms with Gasteiger partial charge >= 0.3 is 5.97 Å². The highest BCUT2D eigenvalue weighted by Crippen LogP contribution is 2.44. The molecule has 0 radical (unpaired) electrons. The molecular formula is C18H25F2N3O5. The second-order valence-corrected chi connectivity index (χ2v) is 8.39. The number of ether oxygens (including phenoxy) is 1. The second kappa shape index (κ2) is 6.70. The van der Waals surface area contributed by atoms with Crippen LogP contribution in [0, 0.1) is 0 Å². The number of aliphatic hydroxyl groups is 1. The summed E-state index contributed by atoms with van der Waals surface area (Å²) < 4.78 is 31.5. The average Bonchev–Trinajstić information content (AvgIpc) is 3.00. The smallest absolute Gasteiger partial charge is 0.325 e. The zero-order chi connectivity index (χ0) is 20.3. The van der Waals surface area contributed by atoms with Crippen LogP contribution in [-0.2, 0) is 19.1 Å². The number of likely N-dealkylation sites (tertiary alicyclic amines) is 1. The Kier molecular flexibility index (Phi) is 4.71. The Morgan fingerprint density at radius 1 is 1.25 bits per heavy atom. The van der Waals surface area contributed by atoms with Crippen molar-refractivity contribution in [3.63, 3.8) is 0 Å². The summed E-state index contributed by atoms with van der Waals surface area (Å²) in [5, 5.41) is 10.1. The van der Waals surface area contributed by atoms with Crippen molar-refractivity contribution in [1.29, 1.82) is 0 Å². The molecule has 0 aromatic rings. The highest BCUT2D eigenvalue weighted by Gasteiger charge is 2.65. The van der Waals surface area contributed by atoms with E-state index in [0.717, 1.165) is 4.90 Å². The number of methoxy groups -OCH3 is 1.